The van der Waals surface area contributed by atoms with Crippen LogP contribution in [0.4, 0.5) is 0 Å². The third kappa shape index (κ3) is 3.53. The molecule has 0 aliphatic carbocycles. The minimum Gasteiger partial charge on any atom is -0.420 e. The highest BCUT2D eigenvalue weighted by Gasteiger charge is 2.43. The fraction of sp³-hybridized carbons (Fsp3) is 0.846. The molecule has 0 saturated carbocycles. The quantitative estimate of drug-likeness (QED) is 0.733. The van der Waals surface area contributed by atoms with Gasteiger partial charge in [0, 0.05) is 6.61 Å². The van der Waals surface area contributed by atoms with E-state index < -0.39 is 17.4 Å². The molecule has 0 spiro atoms. The molecule has 4 heteroatoms. The topological polar surface area (TPSA) is 18.5 Å². The van der Waals surface area contributed by atoms with Crippen LogP contribution in [0.3, 0.4) is 0 Å². The standard InChI is InChI=1S/C13H26O2Si2/c1-4-17(11-7-8-13(2,3)15-17)12-16-10-6-5-9-14-16/h4,16H,1,5-12H2,2-3H3. The summed E-state index contributed by atoms with van der Waals surface area (Å²) in [6.45, 7) is 9.57. The van der Waals surface area contributed by atoms with Crippen molar-refractivity contribution in [3.8, 4) is 0 Å². The average Bonchev–Trinajstić information content (AvgIpc) is 2.29. The molecule has 0 radical (unpaired) electrons. The molecule has 2 rings (SSSR count). The van der Waals surface area contributed by atoms with Crippen molar-refractivity contribution in [3.63, 3.8) is 0 Å². The van der Waals surface area contributed by atoms with Gasteiger partial charge < -0.3 is 8.85 Å². The van der Waals surface area contributed by atoms with E-state index in [1.54, 1.807) is 0 Å². The van der Waals surface area contributed by atoms with E-state index in [1.165, 1.54) is 43.4 Å². The lowest BCUT2D eigenvalue weighted by atomic mass is 10.0. The smallest absolute Gasteiger partial charge is 0.216 e. The van der Waals surface area contributed by atoms with Crippen LogP contribution in [0.2, 0.25) is 17.8 Å². The van der Waals surface area contributed by atoms with Gasteiger partial charge in [0.15, 0.2) is 9.04 Å². The predicted octanol–water partition coefficient (Wildman–Crippen LogP) is 3.32. The zero-order valence-electron chi connectivity index (χ0n) is 11.3. The van der Waals surface area contributed by atoms with Gasteiger partial charge in [0.25, 0.3) is 0 Å². The van der Waals surface area contributed by atoms with Crippen molar-refractivity contribution >= 4 is 17.4 Å². The maximum atomic E-state index is 6.49. The van der Waals surface area contributed by atoms with Crippen LogP contribution in [0.25, 0.3) is 0 Å². The summed E-state index contributed by atoms with van der Waals surface area (Å²) < 4.78 is 12.5. The average molecular weight is 271 g/mol. The summed E-state index contributed by atoms with van der Waals surface area (Å²) >= 11 is 0. The van der Waals surface area contributed by atoms with Crippen LogP contribution in [-0.2, 0) is 8.85 Å². The van der Waals surface area contributed by atoms with E-state index in [0.29, 0.717) is 0 Å². The highest BCUT2D eigenvalue weighted by Crippen LogP contribution is 2.37. The highest BCUT2D eigenvalue weighted by atomic mass is 28.4. The second-order valence-corrected chi connectivity index (χ2v) is 13.2. The molecule has 2 aliphatic heterocycles. The first-order valence-corrected chi connectivity index (χ1v) is 11.5. The second kappa shape index (κ2) is 5.38. The third-order valence-corrected chi connectivity index (χ3v) is 13.3. The predicted molar refractivity (Wildman–Crippen MR) is 77.1 cm³/mol. The summed E-state index contributed by atoms with van der Waals surface area (Å²) in [6.07, 6.45) is 5.15. The minimum absolute atomic E-state index is 0.0712. The summed E-state index contributed by atoms with van der Waals surface area (Å²) in [7, 11) is -2.66. The van der Waals surface area contributed by atoms with Gasteiger partial charge in [-0.05, 0) is 44.4 Å². The van der Waals surface area contributed by atoms with Crippen molar-refractivity contribution in [1.29, 1.82) is 0 Å². The lowest BCUT2D eigenvalue weighted by molar-refractivity contribution is 0.0731. The van der Waals surface area contributed by atoms with Crippen molar-refractivity contribution < 1.29 is 8.85 Å². The second-order valence-electron chi connectivity index (χ2n) is 6.18. The highest BCUT2D eigenvalue weighted by molar-refractivity contribution is 6.88. The third-order valence-electron chi connectivity index (χ3n) is 4.08. The molecule has 2 saturated heterocycles. The van der Waals surface area contributed by atoms with Crippen LogP contribution in [0.15, 0.2) is 12.3 Å². The van der Waals surface area contributed by atoms with E-state index in [4.69, 9.17) is 8.85 Å². The normalized spacial score (nSPS) is 37.6. The Morgan fingerprint density at radius 1 is 1.35 bits per heavy atom. The number of hydrogen-bond acceptors (Lipinski definition) is 2. The van der Waals surface area contributed by atoms with Gasteiger partial charge in [-0.2, -0.15) is 0 Å². The molecule has 0 bridgehead atoms. The van der Waals surface area contributed by atoms with Crippen LogP contribution in [-0.4, -0.2) is 29.6 Å². The van der Waals surface area contributed by atoms with E-state index in [0.717, 1.165) is 6.61 Å². The van der Waals surface area contributed by atoms with Gasteiger partial charge in [-0.1, -0.05) is 18.5 Å². The number of hydrogen-bond donors (Lipinski definition) is 0. The lowest BCUT2D eigenvalue weighted by Crippen LogP contribution is -2.51. The molecule has 17 heavy (non-hydrogen) atoms. The zero-order chi connectivity index (χ0) is 12.4. The Bertz CT molecular complexity index is 275. The monoisotopic (exact) mass is 270 g/mol. The fourth-order valence-electron chi connectivity index (χ4n) is 3.19. The van der Waals surface area contributed by atoms with E-state index in [9.17, 15) is 0 Å². The van der Waals surface area contributed by atoms with Crippen LogP contribution < -0.4 is 0 Å². The van der Waals surface area contributed by atoms with Crippen LogP contribution in [0, 0.1) is 0 Å². The molecule has 2 fully saturated rings. The largest absolute Gasteiger partial charge is 0.420 e. The Labute approximate surface area is 108 Å². The van der Waals surface area contributed by atoms with E-state index in [-0.39, 0.29) is 5.60 Å². The number of rotatable bonds is 3. The Morgan fingerprint density at radius 2 is 2.18 bits per heavy atom. The van der Waals surface area contributed by atoms with Crippen LogP contribution in [0.1, 0.15) is 39.5 Å². The Hall–Kier alpha value is 0.0938. The van der Waals surface area contributed by atoms with E-state index in [1.807, 2.05) is 0 Å². The molecule has 2 unspecified atom stereocenters. The summed E-state index contributed by atoms with van der Waals surface area (Å²) in [5.74, 6) is 0. The van der Waals surface area contributed by atoms with Crippen LogP contribution in [0.5, 0.6) is 0 Å². The SMILES string of the molecule is C=C[Si]1(C[SiH]2CCCCO2)CCCC(C)(C)O1. The molecular formula is C13H26O2Si2. The molecule has 98 valence electrons. The molecule has 0 aromatic carbocycles. The maximum Gasteiger partial charge on any atom is 0.216 e. The van der Waals surface area contributed by atoms with Crippen LogP contribution >= 0.6 is 0 Å². The van der Waals surface area contributed by atoms with Gasteiger partial charge in [0.2, 0.25) is 8.32 Å². The Kier molecular flexibility index (Phi) is 4.28. The van der Waals surface area contributed by atoms with E-state index >= 15 is 0 Å². The molecular weight excluding hydrogens is 244 g/mol. The Morgan fingerprint density at radius 3 is 2.76 bits per heavy atom. The zero-order valence-corrected chi connectivity index (χ0v) is 13.5. The molecule has 0 aromatic heterocycles. The van der Waals surface area contributed by atoms with Crippen molar-refractivity contribution in [3.05, 3.63) is 12.3 Å². The molecule has 2 nitrogen and oxygen atoms in total. The van der Waals surface area contributed by atoms with Crippen molar-refractivity contribution in [2.75, 3.05) is 6.61 Å². The summed E-state index contributed by atoms with van der Waals surface area (Å²) in [4.78, 5) is 0. The summed E-state index contributed by atoms with van der Waals surface area (Å²) in [6, 6.07) is 2.62. The first-order valence-electron chi connectivity index (χ1n) is 7.01. The molecule has 0 amide bonds. The first kappa shape index (κ1) is 13.5. The Balaban J connectivity index is 2.00. The van der Waals surface area contributed by atoms with Gasteiger partial charge in [0.05, 0.1) is 5.60 Å². The summed E-state index contributed by atoms with van der Waals surface area (Å²) in [5, 5.41) is 0. The summed E-state index contributed by atoms with van der Waals surface area (Å²) in [5.41, 5.74) is 3.53. The minimum atomic E-state index is -1.68. The molecule has 2 aliphatic rings. The van der Waals surface area contributed by atoms with Gasteiger partial charge >= 0.3 is 0 Å². The van der Waals surface area contributed by atoms with Crippen molar-refractivity contribution in [2.45, 2.75) is 62.9 Å². The van der Waals surface area contributed by atoms with Gasteiger partial charge in [-0.3, -0.25) is 0 Å². The lowest BCUT2D eigenvalue weighted by Gasteiger charge is -2.44. The maximum absolute atomic E-state index is 6.49. The van der Waals surface area contributed by atoms with E-state index in [2.05, 4.69) is 26.1 Å². The van der Waals surface area contributed by atoms with Crippen molar-refractivity contribution in [1.82, 2.24) is 0 Å². The van der Waals surface area contributed by atoms with Crippen molar-refractivity contribution in [2.24, 2.45) is 0 Å². The van der Waals surface area contributed by atoms with Gasteiger partial charge in [-0.15, -0.1) is 6.58 Å². The molecule has 0 aromatic rings. The fourth-order valence-corrected chi connectivity index (χ4v) is 13.2. The first-order chi connectivity index (χ1) is 8.05. The molecule has 2 heterocycles. The van der Waals surface area contributed by atoms with Gasteiger partial charge in [0.1, 0.15) is 0 Å². The molecule has 2 atom stereocenters. The van der Waals surface area contributed by atoms with Gasteiger partial charge in [-0.25, -0.2) is 0 Å². The molecule has 0 N–H and O–H groups in total.